The standard InChI is InChI=1S/C13H21N3O2S/c17-19(18,12-5-7-14-9-12)16-8-2-3-11(10-16)13-4-1-6-15-13/h5,7,9,11,13-15H,1-4,6,8,10H2. The first kappa shape index (κ1) is 13.1. The van der Waals surface area contributed by atoms with Crippen LogP contribution in [0.15, 0.2) is 23.4 Å². The molecule has 3 heterocycles. The number of aromatic nitrogens is 1. The Bertz CT molecular complexity index is 506. The van der Waals surface area contributed by atoms with E-state index in [1.807, 2.05) is 0 Å². The molecule has 0 radical (unpaired) electrons. The van der Waals surface area contributed by atoms with Gasteiger partial charge in [0.15, 0.2) is 0 Å². The van der Waals surface area contributed by atoms with Crippen molar-refractivity contribution in [2.45, 2.75) is 36.6 Å². The van der Waals surface area contributed by atoms with Crippen molar-refractivity contribution in [1.82, 2.24) is 14.6 Å². The molecule has 2 aliphatic heterocycles. The molecule has 6 heteroatoms. The zero-order chi connectivity index (χ0) is 13.3. The highest BCUT2D eigenvalue weighted by atomic mass is 32.2. The molecular formula is C13H21N3O2S. The number of rotatable bonds is 3. The van der Waals surface area contributed by atoms with E-state index >= 15 is 0 Å². The minimum absolute atomic E-state index is 0.382. The molecule has 2 atom stereocenters. The molecular weight excluding hydrogens is 262 g/mol. The normalized spacial score (nSPS) is 29.7. The summed E-state index contributed by atoms with van der Waals surface area (Å²) < 4.78 is 26.6. The van der Waals surface area contributed by atoms with Crippen molar-refractivity contribution >= 4 is 10.0 Å². The molecule has 106 valence electrons. The second-order valence-corrected chi connectivity index (χ2v) is 7.45. The molecule has 2 unspecified atom stereocenters. The Kier molecular flexibility index (Phi) is 3.64. The van der Waals surface area contributed by atoms with Gasteiger partial charge in [-0.25, -0.2) is 8.42 Å². The first-order chi connectivity index (χ1) is 9.18. The maximum atomic E-state index is 12.5. The van der Waals surface area contributed by atoms with E-state index in [0.717, 1.165) is 19.4 Å². The molecule has 2 aliphatic rings. The highest BCUT2D eigenvalue weighted by Crippen LogP contribution is 2.28. The average Bonchev–Trinajstić information content (AvgIpc) is 3.12. The highest BCUT2D eigenvalue weighted by Gasteiger charge is 2.34. The number of sulfonamides is 1. The molecule has 2 saturated heterocycles. The topological polar surface area (TPSA) is 65.2 Å². The van der Waals surface area contributed by atoms with Crippen LogP contribution in [-0.4, -0.2) is 43.4 Å². The van der Waals surface area contributed by atoms with Gasteiger partial charge in [-0.05, 0) is 44.2 Å². The molecule has 0 aliphatic carbocycles. The molecule has 1 aromatic rings. The van der Waals surface area contributed by atoms with Crippen LogP contribution in [0.25, 0.3) is 0 Å². The van der Waals surface area contributed by atoms with Crippen molar-refractivity contribution in [3.63, 3.8) is 0 Å². The lowest BCUT2D eigenvalue weighted by Gasteiger charge is -2.34. The highest BCUT2D eigenvalue weighted by molar-refractivity contribution is 7.89. The summed E-state index contributed by atoms with van der Waals surface area (Å²) in [5, 5.41) is 3.51. The number of H-pyrrole nitrogens is 1. The Hall–Kier alpha value is -0.850. The first-order valence-corrected chi connectivity index (χ1v) is 8.48. The summed E-state index contributed by atoms with van der Waals surface area (Å²) in [5.74, 6) is 0.463. The van der Waals surface area contributed by atoms with Crippen LogP contribution in [0.4, 0.5) is 0 Å². The zero-order valence-corrected chi connectivity index (χ0v) is 11.8. The molecule has 0 spiro atoms. The van der Waals surface area contributed by atoms with E-state index in [0.29, 0.717) is 29.9 Å². The van der Waals surface area contributed by atoms with Gasteiger partial charge in [0.05, 0.1) is 4.90 Å². The molecule has 0 bridgehead atoms. The van der Waals surface area contributed by atoms with Gasteiger partial charge in [-0.2, -0.15) is 4.31 Å². The van der Waals surface area contributed by atoms with Crippen molar-refractivity contribution < 1.29 is 8.42 Å². The van der Waals surface area contributed by atoms with E-state index in [1.165, 1.54) is 12.8 Å². The van der Waals surface area contributed by atoms with E-state index in [-0.39, 0.29) is 0 Å². The van der Waals surface area contributed by atoms with E-state index < -0.39 is 10.0 Å². The smallest absolute Gasteiger partial charge is 0.244 e. The molecule has 5 nitrogen and oxygen atoms in total. The molecule has 2 N–H and O–H groups in total. The minimum Gasteiger partial charge on any atom is -0.366 e. The maximum Gasteiger partial charge on any atom is 0.244 e. The summed E-state index contributed by atoms with van der Waals surface area (Å²) >= 11 is 0. The minimum atomic E-state index is -3.31. The molecule has 0 amide bonds. The van der Waals surface area contributed by atoms with Crippen LogP contribution >= 0.6 is 0 Å². The average molecular weight is 283 g/mol. The van der Waals surface area contributed by atoms with Crippen molar-refractivity contribution in [2.24, 2.45) is 5.92 Å². The third-order valence-electron chi connectivity index (χ3n) is 4.30. The van der Waals surface area contributed by atoms with Gasteiger partial charge in [0.1, 0.15) is 0 Å². The Morgan fingerprint density at radius 3 is 2.84 bits per heavy atom. The second kappa shape index (κ2) is 5.26. The fourth-order valence-corrected chi connectivity index (χ4v) is 4.76. The van der Waals surface area contributed by atoms with Gasteiger partial charge in [-0.3, -0.25) is 0 Å². The molecule has 0 aromatic carbocycles. The number of piperidine rings is 1. The van der Waals surface area contributed by atoms with Crippen LogP contribution in [0.1, 0.15) is 25.7 Å². The molecule has 0 saturated carbocycles. The summed E-state index contributed by atoms with van der Waals surface area (Å²) in [6, 6.07) is 2.14. The number of aromatic amines is 1. The molecule has 1 aromatic heterocycles. The van der Waals surface area contributed by atoms with Gasteiger partial charge in [0, 0.05) is 31.5 Å². The van der Waals surface area contributed by atoms with Gasteiger partial charge in [-0.1, -0.05) is 0 Å². The summed E-state index contributed by atoms with van der Waals surface area (Å²) in [7, 11) is -3.31. The summed E-state index contributed by atoms with van der Waals surface area (Å²) in [6.07, 6.45) is 7.72. The van der Waals surface area contributed by atoms with E-state index in [1.54, 1.807) is 22.8 Å². The summed E-state index contributed by atoms with van der Waals surface area (Å²) in [5.41, 5.74) is 0. The first-order valence-electron chi connectivity index (χ1n) is 7.04. The Morgan fingerprint density at radius 1 is 1.26 bits per heavy atom. The summed E-state index contributed by atoms with van der Waals surface area (Å²) in [6.45, 7) is 2.38. The van der Waals surface area contributed by atoms with E-state index in [2.05, 4.69) is 10.3 Å². The van der Waals surface area contributed by atoms with Crippen LogP contribution in [0.3, 0.4) is 0 Å². The molecule has 3 rings (SSSR count). The van der Waals surface area contributed by atoms with Crippen molar-refractivity contribution in [1.29, 1.82) is 0 Å². The Morgan fingerprint density at radius 2 is 2.16 bits per heavy atom. The van der Waals surface area contributed by atoms with E-state index in [9.17, 15) is 8.42 Å². The van der Waals surface area contributed by atoms with Gasteiger partial charge in [-0.15, -0.1) is 0 Å². The van der Waals surface area contributed by atoms with Crippen molar-refractivity contribution in [3.8, 4) is 0 Å². The van der Waals surface area contributed by atoms with Crippen molar-refractivity contribution in [3.05, 3.63) is 18.5 Å². The van der Waals surface area contributed by atoms with Crippen LogP contribution in [0.5, 0.6) is 0 Å². The Labute approximate surface area is 114 Å². The van der Waals surface area contributed by atoms with Crippen molar-refractivity contribution in [2.75, 3.05) is 19.6 Å². The SMILES string of the molecule is O=S(=O)(c1cc[nH]c1)N1CCCC(C2CCCN2)C1. The lowest BCUT2D eigenvalue weighted by molar-refractivity contribution is 0.226. The summed E-state index contributed by atoms with van der Waals surface area (Å²) in [4.78, 5) is 3.21. The quantitative estimate of drug-likeness (QED) is 0.875. The predicted octanol–water partition coefficient (Wildman–Crippen LogP) is 1.17. The van der Waals surface area contributed by atoms with Gasteiger partial charge >= 0.3 is 0 Å². The maximum absolute atomic E-state index is 12.5. The molecule has 2 fully saturated rings. The third-order valence-corrected chi connectivity index (χ3v) is 6.16. The van der Waals surface area contributed by atoms with Crippen LogP contribution < -0.4 is 5.32 Å². The second-order valence-electron chi connectivity index (χ2n) is 5.51. The van der Waals surface area contributed by atoms with Crippen LogP contribution in [0, 0.1) is 5.92 Å². The monoisotopic (exact) mass is 283 g/mol. The number of hydrogen-bond donors (Lipinski definition) is 2. The fraction of sp³-hybridized carbons (Fsp3) is 0.692. The molecule has 19 heavy (non-hydrogen) atoms. The van der Waals surface area contributed by atoms with Crippen LogP contribution in [0.2, 0.25) is 0 Å². The van der Waals surface area contributed by atoms with Crippen LogP contribution in [-0.2, 0) is 10.0 Å². The van der Waals surface area contributed by atoms with Gasteiger partial charge in [0.2, 0.25) is 10.0 Å². The fourth-order valence-electron chi connectivity index (χ4n) is 3.25. The van der Waals surface area contributed by atoms with E-state index in [4.69, 9.17) is 0 Å². The predicted molar refractivity (Wildman–Crippen MR) is 73.3 cm³/mol. The lowest BCUT2D eigenvalue weighted by Crippen LogP contribution is -2.45. The van der Waals surface area contributed by atoms with Gasteiger partial charge < -0.3 is 10.3 Å². The number of hydrogen-bond acceptors (Lipinski definition) is 3. The number of nitrogens with zero attached hydrogens (tertiary/aromatic N) is 1. The number of nitrogens with one attached hydrogen (secondary N) is 2. The largest absolute Gasteiger partial charge is 0.366 e. The zero-order valence-electron chi connectivity index (χ0n) is 11.0. The Balaban J connectivity index is 1.74. The van der Waals surface area contributed by atoms with Gasteiger partial charge in [0.25, 0.3) is 0 Å². The lowest BCUT2D eigenvalue weighted by atomic mass is 9.91. The third kappa shape index (κ3) is 2.57.